The van der Waals surface area contributed by atoms with Gasteiger partial charge in [-0.15, -0.1) is 0 Å². The number of hydrogen-bond donors (Lipinski definition) is 1. The first kappa shape index (κ1) is 15.9. The summed E-state index contributed by atoms with van der Waals surface area (Å²) in [4.78, 5) is 15.4. The van der Waals surface area contributed by atoms with Gasteiger partial charge in [0.2, 0.25) is 0 Å². The molecule has 134 valence electrons. The van der Waals surface area contributed by atoms with Gasteiger partial charge in [-0.2, -0.15) is 0 Å². The summed E-state index contributed by atoms with van der Waals surface area (Å²) >= 11 is 0. The van der Waals surface area contributed by atoms with Crippen molar-refractivity contribution < 1.29 is 9.90 Å². The number of likely N-dealkylation sites (tertiary alicyclic amines) is 1. The smallest absolute Gasteiger partial charge is 0.134 e. The fourth-order valence-corrected chi connectivity index (χ4v) is 6.44. The molecule has 4 aliphatic rings. The third kappa shape index (κ3) is 2.38. The second kappa shape index (κ2) is 5.57. The molecule has 0 aromatic heterocycles. The van der Waals surface area contributed by atoms with Crippen LogP contribution in [0.15, 0.2) is 18.2 Å². The minimum atomic E-state index is -0.0208. The Balaban J connectivity index is 1.63. The Labute approximate surface area is 150 Å². The number of carbonyl (C=O) groups excluding carboxylic acids is 1. The molecule has 0 amide bonds. The molecular formula is C22H29NO2. The van der Waals surface area contributed by atoms with Gasteiger partial charge in [0.15, 0.2) is 0 Å². The number of rotatable bonds is 3. The summed E-state index contributed by atoms with van der Waals surface area (Å²) in [5, 5.41) is 10.1. The van der Waals surface area contributed by atoms with Crippen LogP contribution >= 0.6 is 0 Å². The number of Topliss-reactive ketones (excluding diaryl/α,β-unsaturated/α-hetero) is 1. The lowest BCUT2D eigenvalue weighted by molar-refractivity contribution is -0.132. The minimum absolute atomic E-state index is 0.0208. The first-order valence-corrected chi connectivity index (χ1v) is 10.2. The van der Waals surface area contributed by atoms with E-state index in [1.807, 2.05) is 12.1 Å². The lowest BCUT2D eigenvalue weighted by Crippen LogP contribution is -2.64. The van der Waals surface area contributed by atoms with Crippen molar-refractivity contribution in [3.8, 4) is 5.75 Å². The van der Waals surface area contributed by atoms with Crippen LogP contribution in [-0.4, -0.2) is 34.9 Å². The van der Waals surface area contributed by atoms with E-state index in [0.717, 1.165) is 38.1 Å². The van der Waals surface area contributed by atoms with Crippen molar-refractivity contribution in [1.29, 1.82) is 0 Å². The molecule has 3 aliphatic carbocycles. The summed E-state index contributed by atoms with van der Waals surface area (Å²) in [7, 11) is 0. The number of nitrogens with zero attached hydrogens (tertiary/aromatic N) is 1. The second-order valence-corrected chi connectivity index (χ2v) is 9.07. The SMILES string of the molecule is CC[C@@H]1CC(=O)CC23CCN(CC4CC4)C(Cc4ccc(O)cc42)[C@@H]13. The minimum Gasteiger partial charge on any atom is -0.508 e. The van der Waals surface area contributed by atoms with E-state index in [0.29, 0.717) is 35.8 Å². The van der Waals surface area contributed by atoms with Crippen molar-refractivity contribution in [2.24, 2.45) is 17.8 Å². The average Bonchev–Trinajstić information content (AvgIpc) is 3.41. The van der Waals surface area contributed by atoms with E-state index in [4.69, 9.17) is 0 Å². The van der Waals surface area contributed by atoms with E-state index in [2.05, 4.69) is 17.9 Å². The topological polar surface area (TPSA) is 40.5 Å². The van der Waals surface area contributed by atoms with Crippen LogP contribution in [0.4, 0.5) is 0 Å². The van der Waals surface area contributed by atoms with E-state index < -0.39 is 0 Å². The number of benzene rings is 1. The van der Waals surface area contributed by atoms with E-state index >= 15 is 0 Å². The Kier molecular flexibility index (Phi) is 3.54. The highest BCUT2D eigenvalue weighted by Crippen LogP contribution is 2.58. The molecule has 0 radical (unpaired) electrons. The average molecular weight is 339 g/mol. The van der Waals surface area contributed by atoms with Crippen molar-refractivity contribution in [2.75, 3.05) is 13.1 Å². The Morgan fingerprint density at radius 1 is 1.28 bits per heavy atom. The van der Waals surface area contributed by atoms with E-state index in [1.54, 1.807) is 0 Å². The summed E-state index contributed by atoms with van der Waals surface area (Å²) in [6.45, 7) is 4.64. The highest BCUT2D eigenvalue weighted by molar-refractivity contribution is 5.82. The van der Waals surface area contributed by atoms with Gasteiger partial charge >= 0.3 is 0 Å². The van der Waals surface area contributed by atoms with Crippen LogP contribution in [0.1, 0.15) is 56.6 Å². The number of carbonyl (C=O) groups is 1. The molecule has 1 aromatic carbocycles. The zero-order valence-electron chi connectivity index (χ0n) is 15.2. The van der Waals surface area contributed by atoms with Gasteiger partial charge in [0.05, 0.1) is 0 Å². The molecule has 2 bridgehead atoms. The van der Waals surface area contributed by atoms with Crippen molar-refractivity contribution in [3.05, 3.63) is 29.3 Å². The maximum atomic E-state index is 12.7. The standard InChI is InChI=1S/C22H29NO2/c1-2-15-9-18(25)12-22-7-8-23(13-14-3-4-14)20(21(15)22)10-16-5-6-17(24)11-19(16)22/h5-6,11,14-15,20-21,24H,2-4,7-10,12-13H2,1H3/t15-,20?,21-,22?/m1/s1. The van der Waals surface area contributed by atoms with Gasteiger partial charge in [0.25, 0.3) is 0 Å². The predicted octanol–water partition coefficient (Wildman–Crippen LogP) is 3.68. The van der Waals surface area contributed by atoms with Crippen LogP contribution in [0, 0.1) is 17.8 Å². The highest BCUT2D eigenvalue weighted by atomic mass is 16.3. The summed E-state index contributed by atoms with van der Waals surface area (Å²) in [6, 6.07) is 6.53. The zero-order chi connectivity index (χ0) is 17.2. The largest absolute Gasteiger partial charge is 0.508 e. The molecule has 2 saturated carbocycles. The Morgan fingerprint density at radius 2 is 2.12 bits per heavy atom. The molecule has 4 atom stereocenters. The zero-order valence-corrected chi connectivity index (χ0v) is 15.2. The summed E-state index contributed by atoms with van der Waals surface area (Å²) in [5.41, 5.74) is 2.66. The van der Waals surface area contributed by atoms with Crippen molar-refractivity contribution in [1.82, 2.24) is 4.90 Å². The maximum absolute atomic E-state index is 12.7. The van der Waals surface area contributed by atoms with Gasteiger partial charge in [-0.1, -0.05) is 19.4 Å². The molecule has 3 fully saturated rings. The number of phenolic OH excluding ortho intramolecular Hbond substituents is 1. The number of phenols is 1. The molecule has 0 spiro atoms. The number of hydrogen-bond acceptors (Lipinski definition) is 3. The Bertz CT molecular complexity index is 710. The van der Waals surface area contributed by atoms with Crippen molar-refractivity contribution in [3.63, 3.8) is 0 Å². The van der Waals surface area contributed by atoms with Crippen molar-refractivity contribution in [2.45, 2.75) is 63.3 Å². The fraction of sp³-hybridized carbons (Fsp3) is 0.682. The van der Waals surface area contributed by atoms with Crippen LogP contribution in [0.3, 0.4) is 0 Å². The van der Waals surface area contributed by atoms with Crippen LogP contribution in [0.5, 0.6) is 5.75 Å². The van der Waals surface area contributed by atoms with E-state index in [-0.39, 0.29) is 5.41 Å². The molecular weight excluding hydrogens is 310 g/mol. The maximum Gasteiger partial charge on any atom is 0.134 e. The highest BCUT2D eigenvalue weighted by Gasteiger charge is 2.58. The number of ketones is 1. The Hall–Kier alpha value is -1.35. The van der Waals surface area contributed by atoms with Crippen LogP contribution < -0.4 is 0 Å². The molecule has 25 heavy (non-hydrogen) atoms. The van der Waals surface area contributed by atoms with Gasteiger partial charge in [0.1, 0.15) is 11.5 Å². The molecule has 1 aliphatic heterocycles. The molecule has 2 unspecified atom stereocenters. The molecule has 1 N–H and O–H groups in total. The second-order valence-electron chi connectivity index (χ2n) is 9.07. The first-order valence-electron chi connectivity index (χ1n) is 10.2. The summed E-state index contributed by atoms with van der Waals surface area (Å²) in [5.74, 6) is 2.80. The molecule has 5 rings (SSSR count). The molecule has 1 saturated heterocycles. The first-order chi connectivity index (χ1) is 12.1. The molecule has 1 heterocycles. The normalized spacial score (nSPS) is 37.5. The monoisotopic (exact) mass is 339 g/mol. The number of fused-ring (bicyclic) bond motifs is 1. The van der Waals surface area contributed by atoms with E-state index in [1.165, 1.54) is 30.5 Å². The van der Waals surface area contributed by atoms with Crippen LogP contribution in [0.25, 0.3) is 0 Å². The fourth-order valence-electron chi connectivity index (χ4n) is 6.44. The van der Waals surface area contributed by atoms with Gasteiger partial charge in [0, 0.05) is 30.8 Å². The van der Waals surface area contributed by atoms with E-state index in [9.17, 15) is 9.90 Å². The van der Waals surface area contributed by atoms with Crippen molar-refractivity contribution >= 4 is 5.78 Å². The quantitative estimate of drug-likeness (QED) is 0.913. The van der Waals surface area contributed by atoms with Crippen LogP contribution in [-0.2, 0) is 16.6 Å². The van der Waals surface area contributed by atoms with Gasteiger partial charge in [-0.25, -0.2) is 0 Å². The van der Waals surface area contributed by atoms with Gasteiger partial charge in [-0.3, -0.25) is 9.69 Å². The summed E-state index contributed by atoms with van der Waals surface area (Å²) in [6.07, 6.45) is 7.54. The third-order valence-corrected chi connectivity index (χ3v) is 7.65. The number of aromatic hydroxyl groups is 1. The molecule has 1 aromatic rings. The lowest BCUT2D eigenvalue weighted by Gasteiger charge is -2.61. The number of piperidine rings is 1. The Morgan fingerprint density at radius 3 is 2.88 bits per heavy atom. The lowest BCUT2D eigenvalue weighted by atomic mass is 9.49. The molecule has 3 nitrogen and oxygen atoms in total. The summed E-state index contributed by atoms with van der Waals surface area (Å²) < 4.78 is 0. The van der Waals surface area contributed by atoms with Crippen LogP contribution in [0.2, 0.25) is 0 Å². The van der Waals surface area contributed by atoms with Gasteiger partial charge in [-0.05, 0) is 73.2 Å². The molecule has 3 heteroatoms. The van der Waals surface area contributed by atoms with Gasteiger partial charge < -0.3 is 5.11 Å². The third-order valence-electron chi connectivity index (χ3n) is 7.65. The predicted molar refractivity (Wildman–Crippen MR) is 97.7 cm³/mol.